The zero-order valence-electron chi connectivity index (χ0n) is 9.90. The molecule has 1 N–H and O–H groups in total. The van der Waals surface area contributed by atoms with Crippen LogP contribution in [-0.4, -0.2) is 6.54 Å². The van der Waals surface area contributed by atoms with E-state index in [0.29, 0.717) is 12.1 Å². The van der Waals surface area contributed by atoms with Gasteiger partial charge in [0.1, 0.15) is 17.7 Å². The highest BCUT2D eigenvalue weighted by Gasteiger charge is 2.20. The largest absolute Gasteiger partial charge is 0.484 e. The Bertz CT molecular complexity index is 556. The average molecular weight is 243 g/mol. The van der Waals surface area contributed by atoms with Crippen molar-refractivity contribution in [2.24, 2.45) is 0 Å². The fraction of sp³-hybridized carbons (Fsp3) is 0.200. The molecule has 0 fully saturated rings. The Balaban J connectivity index is 1.94. The summed E-state index contributed by atoms with van der Waals surface area (Å²) in [6, 6.07) is 14.6. The van der Waals surface area contributed by atoms with Crippen molar-refractivity contribution < 1.29 is 9.13 Å². The second-order valence-electron chi connectivity index (χ2n) is 4.37. The first-order chi connectivity index (χ1) is 8.84. The number of rotatable bonds is 1. The highest BCUT2D eigenvalue weighted by molar-refractivity contribution is 5.35. The van der Waals surface area contributed by atoms with E-state index in [1.165, 1.54) is 6.07 Å². The maximum atomic E-state index is 13.8. The van der Waals surface area contributed by atoms with Crippen LogP contribution in [0.4, 0.5) is 4.39 Å². The van der Waals surface area contributed by atoms with E-state index in [1.807, 2.05) is 30.3 Å². The molecular formula is C15H14FNO. The van der Waals surface area contributed by atoms with Gasteiger partial charge in [0.2, 0.25) is 0 Å². The number of hydrogen-bond acceptors (Lipinski definition) is 2. The van der Waals surface area contributed by atoms with E-state index in [9.17, 15) is 4.39 Å². The SMILES string of the molecule is Fc1ccccc1C1CNCc2ccccc2O1. The van der Waals surface area contributed by atoms with Crippen LogP contribution in [0.2, 0.25) is 0 Å². The van der Waals surface area contributed by atoms with Gasteiger partial charge in [-0.05, 0) is 12.1 Å². The lowest BCUT2D eigenvalue weighted by molar-refractivity contribution is 0.205. The van der Waals surface area contributed by atoms with Crippen LogP contribution in [-0.2, 0) is 6.54 Å². The van der Waals surface area contributed by atoms with Crippen molar-refractivity contribution in [1.29, 1.82) is 0 Å². The van der Waals surface area contributed by atoms with E-state index in [2.05, 4.69) is 5.32 Å². The molecule has 0 amide bonds. The fourth-order valence-corrected chi connectivity index (χ4v) is 2.21. The Labute approximate surface area is 105 Å². The van der Waals surface area contributed by atoms with Gasteiger partial charge >= 0.3 is 0 Å². The number of benzene rings is 2. The smallest absolute Gasteiger partial charge is 0.139 e. The van der Waals surface area contributed by atoms with Gasteiger partial charge in [0.15, 0.2) is 0 Å². The van der Waals surface area contributed by atoms with Crippen LogP contribution in [0.15, 0.2) is 48.5 Å². The molecule has 1 aliphatic heterocycles. The number of para-hydroxylation sites is 1. The molecule has 3 rings (SSSR count). The molecule has 1 atom stereocenters. The summed E-state index contributed by atoms with van der Waals surface area (Å²) in [5, 5.41) is 3.29. The Morgan fingerprint density at radius 2 is 1.83 bits per heavy atom. The van der Waals surface area contributed by atoms with Gasteiger partial charge in [-0.25, -0.2) is 4.39 Å². The zero-order chi connectivity index (χ0) is 12.4. The van der Waals surface area contributed by atoms with Crippen LogP contribution >= 0.6 is 0 Å². The molecule has 18 heavy (non-hydrogen) atoms. The standard InChI is InChI=1S/C15H14FNO/c16-13-7-3-2-6-12(13)15-10-17-9-11-5-1-4-8-14(11)18-15/h1-8,15,17H,9-10H2. The van der Waals surface area contributed by atoms with Crippen molar-refractivity contribution >= 4 is 0 Å². The molecule has 0 bridgehead atoms. The van der Waals surface area contributed by atoms with Crippen molar-refractivity contribution in [1.82, 2.24) is 5.32 Å². The van der Waals surface area contributed by atoms with E-state index in [0.717, 1.165) is 17.9 Å². The normalized spacial score (nSPS) is 18.6. The molecule has 0 saturated heterocycles. The maximum Gasteiger partial charge on any atom is 0.139 e. The van der Waals surface area contributed by atoms with Crippen molar-refractivity contribution in [3.63, 3.8) is 0 Å². The van der Waals surface area contributed by atoms with E-state index in [1.54, 1.807) is 12.1 Å². The Hall–Kier alpha value is -1.87. The van der Waals surface area contributed by atoms with Crippen molar-refractivity contribution in [3.8, 4) is 5.75 Å². The number of ether oxygens (including phenoxy) is 1. The summed E-state index contributed by atoms with van der Waals surface area (Å²) >= 11 is 0. The van der Waals surface area contributed by atoms with Gasteiger partial charge in [0.05, 0.1) is 0 Å². The third kappa shape index (κ3) is 2.09. The summed E-state index contributed by atoms with van der Waals surface area (Å²) in [6.07, 6.45) is -0.283. The van der Waals surface area contributed by atoms with E-state index in [4.69, 9.17) is 4.74 Å². The summed E-state index contributed by atoms with van der Waals surface area (Å²) in [7, 11) is 0. The molecule has 1 aliphatic rings. The van der Waals surface area contributed by atoms with Crippen molar-refractivity contribution in [2.75, 3.05) is 6.54 Å². The first kappa shape index (κ1) is 11.2. The van der Waals surface area contributed by atoms with Crippen LogP contribution in [0.3, 0.4) is 0 Å². The number of nitrogens with one attached hydrogen (secondary N) is 1. The summed E-state index contributed by atoms with van der Waals surface area (Å²) in [5.41, 5.74) is 1.71. The van der Waals surface area contributed by atoms with Gasteiger partial charge in [-0.1, -0.05) is 36.4 Å². The second-order valence-corrected chi connectivity index (χ2v) is 4.37. The second kappa shape index (κ2) is 4.78. The summed E-state index contributed by atoms with van der Waals surface area (Å²) in [5.74, 6) is 0.611. The third-order valence-electron chi connectivity index (χ3n) is 3.14. The van der Waals surface area contributed by atoms with Gasteiger partial charge < -0.3 is 10.1 Å². The van der Waals surface area contributed by atoms with Gasteiger partial charge in [-0.15, -0.1) is 0 Å². The lowest BCUT2D eigenvalue weighted by Crippen LogP contribution is -2.22. The predicted molar refractivity (Wildman–Crippen MR) is 67.9 cm³/mol. The molecule has 1 heterocycles. The van der Waals surface area contributed by atoms with Crippen LogP contribution < -0.4 is 10.1 Å². The van der Waals surface area contributed by atoms with Gasteiger partial charge in [-0.2, -0.15) is 0 Å². The monoisotopic (exact) mass is 243 g/mol. The fourth-order valence-electron chi connectivity index (χ4n) is 2.21. The molecule has 0 radical (unpaired) electrons. The van der Waals surface area contributed by atoms with Crippen LogP contribution in [0.5, 0.6) is 5.75 Å². The van der Waals surface area contributed by atoms with Gasteiger partial charge in [0, 0.05) is 24.2 Å². The van der Waals surface area contributed by atoms with Gasteiger partial charge in [-0.3, -0.25) is 0 Å². The molecule has 0 aliphatic carbocycles. The number of fused-ring (bicyclic) bond motifs is 1. The van der Waals surface area contributed by atoms with Crippen LogP contribution in [0.25, 0.3) is 0 Å². The van der Waals surface area contributed by atoms with E-state index >= 15 is 0 Å². The quantitative estimate of drug-likeness (QED) is 0.831. The Morgan fingerprint density at radius 1 is 1.06 bits per heavy atom. The average Bonchev–Trinajstić information content (AvgIpc) is 2.61. The maximum absolute atomic E-state index is 13.8. The molecule has 92 valence electrons. The molecule has 2 aromatic rings. The minimum atomic E-state index is -0.283. The molecule has 0 aromatic heterocycles. The minimum absolute atomic E-state index is 0.219. The predicted octanol–water partition coefficient (Wildman–Crippen LogP) is 3.05. The number of halogens is 1. The first-order valence-electron chi connectivity index (χ1n) is 6.04. The summed E-state index contributed by atoms with van der Waals surface area (Å²) in [6.45, 7) is 1.36. The number of hydrogen-bond donors (Lipinski definition) is 1. The molecular weight excluding hydrogens is 229 g/mol. The molecule has 1 unspecified atom stereocenters. The third-order valence-corrected chi connectivity index (χ3v) is 3.14. The summed E-state index contributed by atoms with van der Waals surface area (Å²) < 4.78 is 19.7. The first-order valence-corrected chi connectivity index (χ1v) is 6.04. The van der Waals surface area contributed by atoms with Crippen molar-refractivity contribution in [3.05, 3.63) is 65.5 Å². The topological polar surface area (TPSA) is 21.3 Å². The Morgan fingerprint density at radius 3 is 2.72 bits per heavy atom. The highest BCUT2D eigenvalue weighted by Crippen LogP contribution is 2.28. The lowest BCUT2D eigenvalue weighted by atomic mass is 10.1. The van der Waals surface area contributed by atoms with Gasteiger partial charge in [0.25, 0.3) is 0 Å². The molecule has 2 nitrogen and oxygen atoms in total. The molecule has 0 spiro atoms. The Kier molecular flexibility index (Phi) is 2.99. The molecule has 2 aromatic carbocycles. The van der Waals surface area contributed by atoms with Crippen LogP contribution in [0.1, 0.15) is 17.2 Å². The molecule has 0 saturated carbocycles. The lowest BCUT2D eigenvalue weighted by Gasteiger charge is -2.18. The van der Waals surface area contributed by atoms with E-state index < -0.39 is 0 Å². The van der Waals surface area contributed by atoms with Crippen molar-refractivity contribution in [2.45, 2.75) is 12.6 Å². The van der Waals surface area contributed by atoms with Crippen LogP contribution in [0, 0.1) is 5.82 Å². The van der Waals surface area contributed by atoms with E-state index in [-0.39, 0.29) is 11.9 Å². The zero-order valence-corrected chi connectivity index (χ0v) is 9.90. The highest BCUT2D eigenvalue weighted by atomic mass is 19.1. The molecule has 3 heteroatoms. The summed E-state index contributed by atoms with van der Waals surface area (Å²) in [4.78, 5) is 0. The minimum Gasteiger partial charge on any atom is -0.484 e.